The van der Waals surface area contributed by atoms with E-state index in [0.717, 1.165) is 18.9 Å². The van der Waals surface area contributed by atoms with Gasteiger partial charge >= 0.3 is 0 Å². The molecule has 0 saturated heterocycles. The van der Waals surface area contributed by atoms with Crippen molar-refractivity contribution in [2.24, 2.45) is 11.7 Å². The van der Waals surface area contributed by atoms with Gasteiger partial charge in [0.25, 0.3) is 5.91 Å². The summed E-state index contributed by atoms with van der Waals surface area (Å²) in [7, 11) is 0. The maximum atomic E-state index is 13.3. The Morgan fingerprint density at radius 1 is 1.40 bits per heavy atom. The second-order valence-corrected chi connectivity index (χ2v) is 3.69. The summed E-state index contributed by atoms with van der Waals surface area (Å²) >= 11 is 0. The summed E-state index contributed by atoms with van der Waals surface area (Å²) in [4.78, 5) is 11.0. The smallest absolute Gasteiger partial charge is 0.252 e. The molecule has 2 rings (SSSR count). The lowest BCUT2D eigenvalue weighted by Gasteiger charge is -2.07. The Hall–Kier alpha value is -1.45. The molecule has 1 aromatic rings. The van der Waals surface area contributed by atoms with Crippen LogP contribution >= 0.6 is 0 Å². The topological polar surface area (TPSA) is 43.1 Å². The van der Waals surface area contributed by atoms with Crippen LogP contribution in [0.5, 0.6) is 0 Å². The van der Waals surface area contributed by atoms with Crippen molar-refractivity contribution in [2.45, 2.75) is 12.8 Å². The second kappa shape index (κ2) is 3.61. The van der Waals surface area contributed by atoms with Crippen LogP contribution in [-0.4, -0.2) is 5.91 Å². The zero-order valence-electron chi connectivity index (χ0n) is 7.97. The van der Waals surface area contributed by atoms with E-state index >= 15 is 0 Å². The summed E-state index contributed by atoms with van der Waals surface area (Å²) in [5, 5.41) is 0. The number of benzene rings is 1. The maximum Gasteiger partial charge on any atom is 0.252 e. The molecule has 0 aliphatic heterocycles. The predicted octanol–water partition coefficient (Wildman–Crippen LogP) is 2.03. The van der Waals surface area contributed by atoms with Crippen LogP contribution in [0.15, 0.2) is 12.1 Å². The molecule has 2 nitrogen and oxygen atoms in total. The van der Waals surface area contributed by atoms with Crippen molar-refractivity contribution >= 4 is 5.91 Å². The number of hydrogen-bond donors (Lipinski definition) is 1. The summed E-state index contributed by atoms with van der Waals surface area (Å²) in [6.07, 6.45) is 3.82. The molecular weight excluding hydrogens is 200 g/mol. The van der Waals surface area contributed by atoms with Crippen molar-refractivity contribution in [3.8, 4) is 0 Å². The summed E-state index contributed by atoms with van der Waals surface area (Å²) < 4.78 is 26.2. The van der Waals surface area contributed by atoms with Crippen molar-refractivity contribution in [3.63, 3.8) is 0 Å². The number of carbonyl (C=O) groups excluding carboxylic acids is 1. The molecule has 1 aromatic carbocycles. The van der Waals surface area contributed by atoms with Gasteiger partial charge in [-0.2, -0.15) is 0 Å². The molecule has 1 radical (unpaired) electrons. The summed E-state index contributed by atoms with van der Waals surface area (Å²) in [5.74, 6) is -2.76. The lowest BCUT2D eigenvalue weighted by Crippen LogP contribution is -2.17. The predicted molar refractivity (Wildman–Crippen MR) is 51.0 cm³/mol. The van der Waals surface area contributed by atoms with E-state index in [9.17, 15) is 13.6 Å². The number of hydrogen-bond acceptors (Lipinski definition) is 1. The van der Waals surface area contributed by atoms with Crippen LogP contribution in [-0.2, 0) is 0 Å². The van der Waals surface area contributed by atoms with Crippen LogP contribution in [0.4, 0.5) is 8.78 Å². The van der Waals surface area contributed by atoms with Gasteiger partial charge in [0.2, 0.25) is 0 Å². The van der Waals surface area contributed by atoms with Gasteiger partial charge in [-0.15, -0.1) is 0 Å². The number of halogens is 2. The first-order chi connectivity index (χ1) is 7.09. The van der Waals surface area contributed by atoms with Crippen LogP contribution in [0, 0.1) is 24.0 Å². The Morgan fingerprint density at radius 3 is 2.60 bits per heavy atom. The van der Waals surface area contributed by atoms with Gasteiger partial charge in [0, 0.05) is 0 Å². The van der Waals surface area contributed by atoms with E-state index in [0.29, 0.717) is 11.5 Å². The van der Waals surface area contributed by atoms with E-state index < -0.39 is 17.5 Å². The Morgan fingerprint density at radius 2 is 2.07 bits per heavy atom. The number of nitrogens with two attached hydrogens (primary N) is 1. The lowest BCUT2D eigenvalue weighted by molar-refractivity contribution is 0.0995. The molecule has 15 heavy (non-hydrogen) atoms. The third-order valence-electron chi connectivity index (χ3n) is 2.41. The van der Waals surface area contributed by atoms with Gasteiger partial charge in [0.15, 0.2) is 11.6 Å². The van der Waals surface area contributed by atoms with Crippen LogP contribution in [0.1, 0.15) is 28.8 Å². The molecule has 0 aromatic heterocycles. The van der Waals surface area contributed by atoms with Crippen LogP contribution < -0.4 is 5.73 Å². The Kier molecular flexibility index (Phi) is 2.42. The van der Waals surface area contributed by atoms with Gasteiger partial charge in [0.05, 0.1) is 5.56 Å². The fraction of sp³-hybridized carbons (Fsp3) is 0.273. The third-order valence-corrected chi connectivity index (χ3v) is 2.41. The average Bonchev–Trinajstić information content (AvgIpc) is 2.95. The van der Waals surface area contributed by atoms with E-state index in [1.54, 1.807) is 6.42 Å². The van der Waals surface area contributed by atoms with E-state index in [-0.39, 0.29) is 5.56 Å². The van der Waals surface area contributed by atoms with Gasteiger partial charge in [0.1, 0.15) is 0 Å². The second-order valence-electron chi connectivity index (χ2n) is 3.69. The van der Waals surface area contributed by atoms with Gasteiger partial charge < -0.3 is 5.73 Å². The van der Waals surface area contributed by atoms with E-state index in [1.807, 2.05) is 0 Å². The van der Waals surface area contributed by atoms with Gasteiger partial charge in [-0.25, -0.2) is 8.78 Å². The highest BCUT2D eigenvalue weighted by molar-refractivity contribution is 5.95. The van der Waals surface area contributed by atoms with E-state index in [4.69, 9.17) is 5.73 Å². The third kappa shape index (κ3) is 1.98. The van der Waals surface area contributed by atoms with Crippen LogP contribution in [0.2, 0.25) is 0 Å². The van der Waals surface area contributed by atoms with Crippen molar-refractivity contribution in [2.75, 3.05) is 0 Å². The molecule has 1 aliphatic carbocycles. The average molecular weight is 210 g/mol. The molecule has 2 N–H and O–H groups in total. The molecule has 0 bridgehead atoms. The van der Waals surface area contributed by atoms with Gasteiger partial charge in [-0.3, -0.25) is 4.79 Å². The monoisotopic (exact) mass is 210 g/mol. The fourth-order valence-corrected chi connectivity index (χ4v) is 1.47. The number of rotatable bonds is 3. The molecule has 1 saturated carbocycles. The first-order valence-corrected chi connectivity index (χ1v) is 4.72. The fourth-order valence-electron chi connectivity index (χ4n) is 1.47. The highest BCUT2D eigenvalue weighted by Gasteiger charge is 2.26. The minimum atomic E-state index is -1.16. The van der Waals surface area contributed by atoms with E-state index in [2.05, 4.69) is 0 Å². The normalized spacial score (nSPS) is 15.3. The van der Waals surface area contributed by atoms with E-state index in [1.165, 1.54) is 6.07 Å². The summed E-state index contributed by atoms with van der Waals surface area (Å²) in [5.41, 5.74) is 5.06. The Balaban J connectivity index is 2.42. The molecule has 4 heteroatoms. The molecule has 0 heterocycles. The molecule has 0 spiro atoms. The molecule has 1 aliphatic rings. The summed E-state index contributed by atoms with van der Waals surface area (Å²) in [6.45, 7) is 0. The van der Waals surface area contributed by atoms with Crippen molar-refractivity contribution in [1.82, 2.24) is 0 Å². The molecular formula is C11H10F2NO. The highest BCUT2D eigenvalue weighted by atomic mass is 19.2. The zero-order chi connectivity index (χ0) is 11.0. The zero-order valence-corrected chi connectivity index (χ0v) is 7.97. The standard InChI is InChI=1S/C11H10F2NO/c12-8-4-3-7(5-6-1-2-6)9(10(8)13)11(14)15/h3-6H,1-2H2,(H2,14,15). The molecule has 1 amide bonds. The largest absolute Gasteiger partial charge is 0.365 e. The van der Waals surface area contributed by atoms with Gasteiger partial charge in [-0.1, -0.05) is 6.07 Å². The highest BCUT2D eigenvalue weighted by Crippen LogP contribution is 2.35. The quantitative estimate of drug-likeness (QED) is 0.814. The lowest BCUT2D eigenvalue weighted by atomic mass is 10.0. The van der Waals surface area contributed by atoms with Crippen LogP contribution in [0.3, 0.4) is 0 Å². The van der Waals surface area contributed by atoms with Crippen molar-refractivity contribution in [1.29, 1.82) is 0 Å². The first-order valence-electron chi connectivity index (χ1n) is 4.72. The Labute approximate surface area is 86.1 Å². The number of carbonyl (C=O) groups is 1. The van der Waals surface area contributed by atoms with Gasteiger partial charge in [-0.05, 0) is 36.8 Å². The molecule has 0 atom stereocenters. The minimum absolute atomic E-state index is 0.345. The Bertz CT molecular complexity index is 413. The molecule has 1 fully saturated rings. The summed E-state index contributed by atoms with van der Waals surface area (Å²) in [6, 6.07) is 2.40. The first kappa shape index (κ1) is 10.1. The van der Waals surface area contributed by atoms with Crippen molar-refractivity contribution in [3.05, 3.63) is 41.3 Å². The molecule has 79 valence electrons. The maximum absolute atomic E-state index is 13.3. The SMILES string of the molecule is NC(=O)c1c([CH]C2CC2)ccc(F)c1F. The van der Waals surface area contributed by atoms with Crippen molar-refractivity contribution < 1.29 is 13.6 Å². The van der Waals surface area contributed by atoms with Crippen LogP contribution in [0.25, 0.3) is 0 Å². The molecule has 0 unspecified atom stereocenters. The number of primary amides is 1. The number of amides is 1. The minimum Gasteiger partial charge on any atom is -0.365 e.